The van der Waals surface area contributed by atoms with Gasteiger partial charge in [-0.3, -0.25) is 13.9 Å². The molecule has 0 aliphatic heterocycles. The first-order valence-electron chi connectivity index (χ1n) is 4.26. The second-order valence-corrected chi connectivity index (χ2v) is 3.75. The number of rotatable bonds is 0. The van der Waals surface area contributed by atoms with Gasteiger partial charge >= 0.3 is 5.69 Å². The molecule has 0 radical (unpaired) electrons. The van der Waals surface area contributed by atoms with Crippen LogP contribution in [0.4, 0.5) is 0 Å². The van der Waals surface area contributed by atoms with Gasteiger partial charge in [0.1, 0.15) is 0 Å². The lowest BCUT2D eigenvalue weighted by Crippen LogP contribution is -2.37. The van der Waals surface area contributed by atoms with Gasteiger partial charge < -0.3 is 4.57 Å². The zero-order valence-corrected chi connectivity index (χ0v) is 9.45. The summed E-state index contributed by atoms with van der Waals surface area (Å²) in [6.07, 6.45) is 0. The van der Waals surface area contributed by atoms with Crippen molar-refractivity contribution in [2.24, 2.45) is 21.1 Å². The summed E-state index contributed by atoms with van der Waals surface area (Å²) < 4.78 is 4.01. The van der Waals surface area contributed by atoms with Crippen molar-refractivity contribution in [3.8, 4) is 0 Å². The fourth-order valence-electron chi connectivity index (χ4n) is 1.57. The maximum atomic E-state index is 11.7. The van der Waals surface area contributed by atoms with Gasteiger partial charge in [0.25, 0.3) is 5.56 Å². The molecule has 2 heterocycles. The first-order valence-corrected chi connectivity index (χ1v) is 4.71. The summed E-state index contributed by atoms with van der Waals surface area (Å²) >= 11 is 4.11. The van der Waals surface area contributed by atoms with Crippen molar-refractivity contribution in [3.05, 3.63) is 20.8 Å². The number of hydrogen-bond acceptors (Lipinski definition) is 4. The third kappa shape index (κ3) is 1.16. The minimum absolute atomic E-state index is 0.257. The van der Waals surface area contributed by atoms with E-state index in [0.29, 0.717) is 10.8 Å². The SMILES string of the molecule is Cn1c(=O)c2nc(S)n(C)c2n(C)c1=O. The van der Waals surface area contributed by atoms with Gasteiger partial charge in [0.15, 0.2) is 16.3 Å². The van der Waals surface area contributed by atoms with Crippen molar-refractivity contribution >= 4 is 23.8 Å². The van der Waals surface area contributed by atoms with Crippen molar-refractivity contribution in [3.63, 3.8) is 0 Å². The lowest BCUT2D eigenvalue weighted by molar-refractivity contribution is 0.691. The molecular weight excluding hydrogens is 216 g/mol. The van der Waals surface area contributed by atoms with Gasteiger partial charge in [-0.05, 0) is 0 Å². The largest absolute Gasteiger partial charge is 0.332 e. The maximum Gasteiger partial charge on any atom is 0.332 e. The molecule has 0 aliphatic carbocycles. The lowest BCUT2D eigenvalue weighted by atomic mass is 10.5. The molecule has 0 saturated carbocycles. The summed E-state index contributed by atoms with van der Waals surface area (Å²) in [7, 11) is 4.73. The second kappa shape index (κ2) is 2.99. The molecule has 2 rings (SSSR count). The second-order valence-electron chi connectivity index (χ2n) is 3.35. The highest BCUT2D eigenvalue weighted by Crippen LogP contribution is 2.11. The molecule has 0 aromatic carbocycles. The number of aromatic nitrogens is 4. The molecule has 0 atom stereocenters. The van der Waals surface area contributed by atoms with Crippen LogP contribution in [0.25, 0.3) is 11.2 Å². The molecule has 0 N–H and O–H groups in total. The average molecular weight is 226 g/mol. The van der Waals surface area contributed by atoms with Crippen molar-refractivity contribution in [2.75, 3.05) is 0 Å². The Hall–Kier alpha value is -1.50. The molecule has 7 heteroatoms. The minimum Gasteiger partial charge on any atom is -0.308 e. The summed E-state index contributed by atoms with van der Waals surface area (Å²) in [6.45, 7) is 0. The Labute approximate surface area is 90.2 Å². The standard InChI is InChI=1S/C8H10N4O2S/c1-10-5-4(9-7(10)15)6(13)12(3)8(14)11(5)2/h1-3H3,(H,9,15). The van der Waals surface area contributed by atoms with Crippen molar-refractivity contribution < 1.29 is 0 Å². The summed E-state index contributed by atoms with van der Waals surface area (Å²) in [6, 6.07) is 0. The van der Waals surface area contributed by atoms with Crippen LogP contribution in [-0.4, -0.2) is 18.7 Å². The molecule has 0 amide bonds. The Bertz CT molecular complexity index is 664. The third-order valence-corrected chi connectivity index (χ3v) is 2.84. The predicted molar refractivity (Wildman–Crippen MR) is 58.4 cm³/mol. The topological polar surface area (TPSA) is 61.8 Å². The highest BCUT2D eigenvalue weighted by Gasteiger charge is 2.14. The third-order valence-electron chi connectivity index (χ3n) is 2.44. The number of imidazole rings is 1. The first-order chi connectivity index (χ1) is 6.95. The van der Waals surface area contributed by atoms with Gasteiger partial charge in [0.05, 0.1) is 0 Å². The van der Waals surface area contributed by atoms with Crippen molar-refractivity contribution in [2.45, 2.75) is 5.16 Å². The fraction of sp³-hybridized carbons (Fsp3) is 0.375. The minimum atomic E-state index is -0.399. The number of fused-ring (bicyclic) bond motifs is 1. The van der Waals surface area contributed by atoms with Crippen LogP contribution < -0.4 is 11.2 Å². The molecule has 15 heavy (non-hydrogen) atoms. The lowest BCUT2D eigenvalue weighted by Gasteiger charge is -2.04. The Morgan fingerprint density at radius 3 is 2.27 bits per heavy atom. The predicted octanol–water partition coefficient (Wildman–Crippen LogP) is -0.741. The quantitative estimate of drug-likeness (QED) is 0.602. The first kappa shape index (κ1) is 10.0. The van der Waals surface area contributed by atoms with Crippen LogP contribution in [0, 0.1) is 0 Å². The Balaban J connectivity index is 3.23. The zero-order chi connectivity index (χ0) is 11.3. The molecule has 0 saturated heterocycles. The molecule has 0 spiro atoms. The summed E-state index contributed by atoms with van der Waals surface area (Å²) in [4.78, 5) is 27.3. The summed E-state index contributed by atoms with van der Waals surface area (Å²) in [5.74, 6) is 0. The molecule has 0 bridgehead atoms. The Kier molecular flexibility index (Phi) is 2.00. The van der Waals surface area contributed by atoms with Crippen LogP contribution in [0.3, 0.4) is 0 Å². The van der Waals surface area contributed by atoms with Crippen LogP contribution in [-0.2, 0) is 21.1 Å². The van der Waals surface area contributed by atoms with Crippen LogP contribution in [0.2, 0.25) is 0 Å². The van der Waals surface area contributed by atoms with Gasteiger partial charge in [-0.2, -0.15) is 0 Å². The number of nitrogens with zero attached hydrogens (tertiary/aromatic N) is 4. The van der Waals surface area contributed by atoms with E-state index in [2.05, 4.69) is 17.6 Å². The van der Waals surface area contributed by atoms with Crippen LogP contribution in [0.5, 0.6) is 0 Å². The van der Waals surface area contributed by atoms with Gasteiger partial charge in [-0.15, -0.1) is 12.6 Å². The maximum absolute atomic E-state index is 11.7. The number of hydrogen-bond donors (Lipinski definition) is 1. The van der Waals surface area contributed by atoms with E-state index in [4.69, 9.17) is 0 Å². The highest BCUT2D eigenvalue weighted by molar-refractivity contribution is 7.80. The average Bonchev–Trinajstić information content (AvgIpc) is 2.50. The van der Waals surface area contributed by atoms with E-state index >= 15 is 0 Å². The van der Waals surface area contributed by atoms with Gasteiger partial charge in [-0.1, -0.05) is 0 Å². The molecule has 2 aromatic heterocycles. The van der Waals surface area contributed by atoms with Crippen molar-refractivity contribution in [1.82, 2.24) is 18.7 Å². The molecule has 0 aliphatic rings. The van der Waals surface area contributed by atoms with E-state index in [1.54, 1.807) is 18.7 Å². The van der Waals surface area contributed by atoms with E-state index in [0.717, 1.165) is 4.57 Å². The smallest absolute Gasteiger partial charge is 0.308 e. The van der Waals surface area contributed by atoms with Crippen molar-refractivity contribution in [1.29, 1.82) is 0 Å². The summed E-state index contributed by atoms with van der Waals surface area (Å²) in [5.41, 5.74) is -0.0342. The molecule has 2 aromatic rings. The fourth-order valence-corrected chi connectivity index (χ4v) is 1.76. The van der Waals surface area contributed by atoms with E-state index in [1.165, 1.54) is 11.6 Å². The van der Waals surface area contributed by atoms with Gasteiger partial charge in [0.2, 0.25) is 0 Å². The Morgan fingerprint density at radius 2 is 1.67 bits per heavy atom. The number of thiol groups is 1. The monoisotopic (exact) mass is 226 g/mol. The Morgan fingerprint density at radius 1 is 1.07 bits per heavy atom. The molecular formula is C8H10N4O2S. The van der Waals surface area contributed by atoms with Gasteiger partial charge in [0, 0.05) is 21.1 Å². The van der Waals surface area contributed by atoms with Crippen LogP contribution in [0.15, 0.2) is 14.7 Å². The molecule has 6 nitrogen and oxygen atoms in total. The van der Waals surface area contributed by atoms with Crippen LogP contribution in [0.1, 0.15) is 0 Å². The van der Waals surface area contributed by atoms with Crippen LogP contribution >= 0.6 is 12.6 Å². The number of aryl methyl sites for hydroxylation is 2. The van der Waals surface area contributed by atoms with E-state index < -0.39 is 5.56 Å². The highest BCUT2D eigenvalue weighted by atomic mass is 32.1. The van der Waals surface area contributed by atoms with E-state index in [-0.39, 0.29) is 11.2 Å². The van der Waals surface area contributed by atoms with E-state index in [1.807, 2.05) is 0 Å². The molecule has 80 valence electrons. The normalized spacial score (nSPS) is 11.2. The molecule has 0 unspecified atom stereocenters. The van der Waals surface area contributed by atoms with E-state index in [9.17, 15) is 9.59 Å². The zero-order valence-electron chi connectivity index (χ0n) is 8.55. The van der Waals surface area contributed by atoms with Gasteiger partial charge in [-0.25, -0.2) is 9.78 Å². The molecule has 0 fully saturated rings. The summed E-state index contributed by atoms with van der Waals surface area (Å²) in [5, 5.41) is 0.406.